The van der Waals surface area contributed by atoms with Gasteiger partial charge in [-0.3, -0.25) is 0 Å². The number of halogens is 1. The summed E-state index contributed by atoms with van der Waals surface area (Å²) in [5, 5.41) is 13.2. The number of para-hydroxylation sites is 1. The summed E-state index contributed by atoms with van der Waals surface area (Å²) in [5.74, 6) is 0.319. The fourth-order valence-electron chi connectivity index (χ4n) is 3.15. The Morgan fingerprint density at radius 3 is 2.32 bits per heavy atom. The van der Waals surface area contributed by atoms with Gasteiger partial charge in [0, 0.05) is 29.0 Å². The molecular weight excluding hydrogens is 421 g/mol. The molecule has 0 spiro atoms. The number of rotatable bonds is 2. The van der Waals surface area contributed by atoms with Crippen LogP contribution in [0.25, 0.3) is 33.8 Å². The van der Waals surface area contributed by atoms with E-state index in [2.05, 4.69) is 60.2 Å². The lowest BCUT2D eigenvalue weighted by Gasteiger charge is -2.04. The first-order valence-electron chi connectivity index (χ1n) is 8.00. The van der Waals surface area contributed by atoms with Crippen LogP contribution >= 0.6 is 0 Å². The zero-order valence-corrected chi connectivity index (χ0v) is 16.0. The van der Waals surface area contributed by atoms with Gasteiger partial charge in [0.25, 0.3) is 0 Å². The fraction of sp³-hybridized carbons (Fsp3) is 0.0455. The van der Waals surface area contributed by atoms with Crippen molar-refractivity contribution in [3.8, 4) is 5.75 Å². The lowest BCUT2D eigenvalue weighted by atomic mass is 10.0. The summed E-state index contributed by atoms with van der Waals surface area (Å²) in [6.07, 6.45) is 4.22. The van der Waals surface area contributed by atoms with Crippen molar-refractivity contribution < 1.29 is 33.7 Å². The molecule has 4 aromatic rings. The highest BCUT2D eigenvalue weighted by Crippen LogP contribution is 2.28. The molecule has 0 unspecified atom stereocenters. The molecule has 0 fully saturated rings. The van der Waals surface area contributed by atoms with Gasteiger partial charge >= 0.3 is 0 Å². The Morgan fingerprint density at radius 1 is 0.760 bits per heavy atom. The lowest BCUT2D eigenvalue weighted by molar-refractivity contribution is -0.646. The van der Waals surface area contributed by atoms with Gasteiger partial charge in [-0.2, -0.15) is 4.57 Å². The second-order valence-corrected chi connectivity index (χ2v) is 5.93. The lowest BCUT2D eigenvalue weighted by Crippen LogP contribution is -3.00. The Balaban J connectivity index is 0.00000182. The zero-order valence-electron chi connectivity index (χ0n) is 13.9. The molecule has 0 saturated heterocycles. The third kappa shape index (κ3) is 3.24. The van der Waals surface area contributed by atoms with Crippen LogP contribution in [0.5, 0.6) is 5.75 Å². The van der Waals surface area contributed by atoms with Crippen LogP contribution < -0.4 is 28.5 Å². The van der Waals surface area contributed by atoms with E-state index in [1.54, 1.807) is 6.07 Å². The number of aromatic nitrogens is 1. The van der Waals surface area contributed by atoms with Gasteiger partial charge in [0.2, 0.25) is 11.2 Å². The van der Waals surface area contributed by atoms with Crippen molar-refractivity contribution in [1.29, 1.82) is 0 Å². The van der Waals surface area contributed by atoms with Crippen LogP contribution in [0.3, 0.4) is 0 Å². The Kier molecular flexibility index (Phi) is 5.04. The van der Waals surface area contributed by atoms with Crippen LogP contribution in [0.2, 0.25) is 0 Å². The molecule has 1 heterocycles. The highest BCUT2D eigenvalue weighted by atomic mass is 127. The second kappa shape index (κ2) is 7.23. The fourth-order valence-corrected chi connectivity index (χ4v) is 3.15. The number of aryl methyl sites for hydroxylation is 1. The first-order valence-corrected chi connectivity index (χ1v) is 8.00. The Labute approximate surface area is 164 Å². The minimum absolute atomic E-state index is 0. The number of phenols is 1. The normalized spacial score (nSPS) is 11.1. The van der Waals surface area contributed by atoms with Gasteiger partial charge in [-0.25, -0.2) is 0 Å². The first kappa shape index (κ1) is 17.4. The summed E-state index contributed by atoms with van der Waals surface area (Å²) in [7, 11) is 2.08. The number of nitrogens with zero attached hydrogens (tertiary/aromatic N) is 1. The summed E-state index contributed by atoms with van der Waals surface area (Å²) in [5.41, 5.74) is 3.43. The molecule has 0 saturated carbocycles. The van der Waals surface area contributed by atoms with E-state index in [-0.39, 0.29) is 24.0 Å². The van der Waals surface area contributed by atoms with E-state index in [4.69, 9.17) is 0 Å². The molecule has 0 aliphatic heterocycles. The number of hydrogen-bond donors (Lipinski definition) is 1. The third-order valence-electron chi connectivity index (χ3n) is 4.49. The molecule has 3 aromatic carbocycles. The largest absolute Gasteiger partial charge is 1.00 e. The minimum atomic E-state index is 0. The molecule has 124 valence electrons. The molecule has 0 amide bonds. The SMILES string of the molecule is C[n+]1c(/C=C/c2ccc(O)c3ccccc23)ccc2ccccc21.[I-]. The van der Waals surface area contributed by atoms with Gasteiger partial charge in [-0.15, -0.1) is 0 Å². The number of aromatic hydroxyl groups is 1. The van der Waals surface area contributed by atoms with E-state index < -0.39 is 0 Å². The molecule has 0 bridgehead atoms. The molecule has 3 heteroatoms. The van der Waals surface area contributed by atoms with Crippen molar-refractivity contribution in [2.45, 2.75) is 0 Å². The van der Waals surface area contributed by atoms with E-state index in [9.17, 15) is 5.11 Å². The van der Waals surface area contributed by atoms with Crippen LogP contribution in [0.15, 0.2) is 72.8 Å². The van der Waals surface area contributed by atoms with Crippen molar-refractivity contribution in [3.05, 3.63) is 84.1 Å². The number of benzene rings is 3. The Bertz CT molecular complexity index is 1090. The predicted octanol–water partition coefficient (Wildman–Crippen LogP) is 1.70. The number of fused-ring (bicyclic) bond motifs is 2. The maximum Gasteiger partial charge on any atom is 0.212 e. The highest BCUT2D eigenvalue weighted by Gasteiger charge is 2.09. The van der Waals surface area contributed by atoms with Crippen LogP contribution in [-0.4, -0.2) is 5.11 Å². The van der Waals surface area contributed by atoms with E-state index in [0.29, 0.717) is 5.75 Å². The molecule has 4 rings (SSSR count). The van der Waals surface area contributed by atoms with Gasteiger partial charge in [-0.05, 0) is 35.2 Å². The highest BCUT2D eigenvalue weighted by molar-refractivity contribution is 5.96. The molecule has 25 heavy (non-hydrogen) atoms. The van der Waals surface area contributed by atoms with Crippen LogP contribution in [0.1, 0.15) is 11.3 Å². The summed E-state index contributed by atoms with van der Waals surface area (Å²) in [4.78, 5) is 0. The first-order chi connectivity index (χ1) is 11.7. The number of phenolic OH excluding ortho intramolecular Hbond substituents is 1. The Hall–Kier alpha value is -2.40. The number of pyridine rings is 1. The average Bonchev–Trinajstić information content (AvgIpc) is 2.63. The van der Waals surface area contributed by atoms with E-state index in [0.717, 1.165) is 22.0 Å². The van der Waals surface area contributed by atoms with Crippen LogP contribution in [0, 0.1) is 0 Å². The van der Waals surface area contributed by atoms with E-state index >= 15 is 0 Å². The summed E-state index contributed by atoms with van der Waals surface area (Å²) < 4.78 is 2.19. The minimum Gasteiger partial charge on any atom is -1.00 e. The molecule has 1 aromatic heterocycles. The average molecular weight is 439 g/mol. The van der Waals surface area contributed by atoms with Gasteiger partial charge < -0.3 is 29.1 Å². The summed E-state index contributed by atoms with van der Waals surface area (Å²) in [6, 6.07) is 24.3. The van der Waals surface area contributed by atoms with E-state index in [1.807, 2.05) is 30.3 Å². The number of hydrogen-bond acceptors (Lipinski definition) is 1. The third-order valence-corrected chi connectivity index (χ3v) is 4.49. The van der Waals surface area contributed by atoms with Crippen molar-refractivity contribution in [2.24, 2.45) is 7.05 Å². The van der Waals surface area contributed by atoms with Gasteiger partial charge in [0.1, 0.15) is 12.8 Å². The second-order valence-electron chi connectivity index (χ2n) is 5.93. The molecule has 0 radical (unpaired) electrons. The van der Waals surface area contributed by atoms with Crippen molar-refractivity contribution in [1.82, 2.24) is 0 Å². The quantitative estimate of drug-likeness (QED) is 0.373. The van der Waals surface area contributed by atoms with Crippen LogP contribution in [-0.2, 0) is 7.05 Å². The van der Waals surface area contributed by atoms with Gasteiger partial charge in [-0.1, -0.05) is 42.5 Å². The zero-order chi connectivity index (χ0) is 16.5. The van der Waals surface area contributed by atoms with Gasteiger partial charge in [0.05, 0.1) is 0 Å². The van der Waals surface area contributed by atoms with E-state index in [1.165, 1.54) is 10.9 Å². The van der Waals surface area contributed by atoms with Crippen molar-refractivity contribution in [2.75, 3.05) is 0 Å². The molecule has 1 N–H and O–H groups in total. The molecule has 0 aliphatic carbocycles. The maximum atomic E-state index is 10.0. The molecular formula is C22H18INO. The Morgan fingerprint density at radius 2 is 1.48 bits per heavy atom. The topological polar surface area (TPSA) is 24.1 Å². The van der Waals surface area contributed by atoms with Crippen LogP contribution in [0.4, 0.5) is 0 Å². The van der Waals surface area contributed by atoms with Crippen molar-refractivity contribution >= 4 is 33.8 Å². The summed E-state index contributed by atoms with van der Waals surface area (Å²) in [6.45, 7) is 0. The molecule has 2 nitrogen and oxygen atoms in total. The summed E-state index contributed by atoms with van der Waals surface area (Å²) >= 11 is 0. The van der Waals surface area contributed by atoms with Gasteiger partial charge in [0.15, 0.2) is 0 Å². The predicted molar refractivity (Wildman–Crippen MR) is 99.7 cm³/mol. The molecule has 0 atom stereocenters. The van der Waals surface area contributed by atoms with Crippen molar-refractivity contribution in [3.63, 3.8) is 0 Å². The maximum absolute atomic E-state index is 10.0. The smallest absolute Gasteiger partial charge is 0.212 e. The molecule has 0 aliphatic rings. The standard InChI is InChI=1S/C22H17NO.HI/c1-23-18(14-11-17-6-2-5-9-21(17)23)13-10-16-12-15-22(24)20-8-4-3-7-19(16)20;/h2-15H,1H3;1H. The monoisotopic (exact) mass is 439 g/mol.